The lowest BCUT2D eigenvalue weighted by Gasteiger charge is -2.21. The molecule has 0 unspecified atom stereocenters. The number of nitriles is 1. The summed E-state index contributed by atoms with van der Waals surface area (Å²) in [5.74, 6) is -0.693. The molecule has 0 aliphatic carbocycles. The molecule has 154 valence electrons. The van der Waals surface area contributed by atoms with Gasteiger partial charge in [-0.05, 0) is 23.8 Å². The predicted molar refractivity (Wildman–Crippen MR) is 110 cm³/mol. The van der Waals surface area contributed by atoms with Crippen molar-refractivity contribution in [2.45, 2.75) is 17.0 Å². The fourth-order valence-corrected chi connectivity index (χ4v) is 5.17. The van der Waals surface area contributed by atoms with Gasteiger partial charge in [0.2, 0.25) is 0 Å². The topological polar surface area (TPSA) is 91.0 Å². The number of aryl methyl sites for hydroxylation is 1. The molecule has 0 radical (unpaired) electrons. The van der Waals surface area contributed by atoms with Crippen LogP contribution < -0.4 is 5.32 Å². The third-order valence-electron chi connectivity index (χ3n) is 5.24. The Balaban J connectivity index is 1.68. The quantitative estimate of drug-likeness (QED) is 0.679. The highest BCUT2D eigenvalue weighted by atomic mass is 32.2. The number of hydrogen-bond donors (Lipinski definition) is 1. The maximum Gasteiger partial charge on any atom is 0.262 e. The number of benzene rings is 2. The standard InChI is InChI=1S/C21H20FN5O2S/c1-26-13-21(24-14-26)30(28,29)27-11-17(16-5-3-2-4-6-16)20(12-27)25-19-9-15(10-23)7-8-18(19)22/h2-9,13-14,17,20,25H,11-12H2,1H3/t17-,20+/m1/s1. The smallest absolute Gasteiger partial charge is 0.262 e. The van der Waals surface area contributed by atoms with Crippen molar-refractivity contribution in [2.24, 2.45) is 7.05 Å². The van der Waals surface area contributed by atoms with Gasteiger partial charge in [0.25, 0.3) is 10.0 Å². The molecule has 1 aliphatic heterocycles. The number of hydrogen-bond acceptors (Lipinski definition) is 5. The summed E-state index contributed by atoms with van der Waals surface area (Å²) in [7, 11) is -2.09. The number of nitrogens with zero attached hydrogens (tertiary/aromatic N) is 4. The van der Waals surface area contributed by atoms with E-state index in [1.807, 2.05) is 36.4 Å². The Labute approximate surface area is 174 Å². The average molecular weight is 425 g/mol. The van der Waals surface area contributed by atoms with E-state index in [1.54, 1.807) is 11.6 Å². The van der Waals surface area contributed by atoms with Crippen molar-refractivity contribution in [2.75, 3.05) is 18.4 Å². The zero-order valence-electron chi connectivity index (χ0n) is 16.2. The molecule has 7 nitrogen and oxygen atoms in total. The zero-order chi connectivity index (χ0) is 21.3. The fourth-order valence-electron chi connectivity index (χ4n) is 3.71. The van der Waals surface area contributed by atoms with Gasteiger partial charge in [0.15, 0.2) is 5.03 Å². The summed E-state index contributed by atoms with van der Waals surface area (Å²) in [6.45, 7) is 0.384. The largest absolute Gasteiger partial charge is 0.378 e. The highest BCUT2D eigenvalue weighted by Crippen LogP contribution is 2.33. The molecule has 2 heterocycles. The summed E-state index contributed by atoms with van der Waals surface area (Å²) in [5.41, 5.74) is 1.45. The highest BCUT2D eigenvalue weighted by molar-refractivity contribution is 7.89. The van der Waals surface area contributed by atoms with E-state index in [1.165, 1.54) is 35.0 Å². The van der Waals surface area contributed by atoms with Gasteiger partial charge < -0.3 is 9.88 Å². The van der Waals surface area contributed by atoms with Crippen LogP contribution in [0.4, 0.5) is 10.1 Å². The summed E-state index contributed by atoms with van der Waals surface area (Å²) in [6, 6.07) is 15.2. The van der Waals surface area contributed by atoms with Crippen molar-refractivity contribution in [1.29, 1.82) is 5.26 Å². The second-order valence-electron chi connectivity index (χ2n) is 7.27. The Bertz CT molecular complexity index is 1200. The molecule has 1 fully saturated rings. The molecule has 1 N–H and O–H groups in total. The molecular formula is C21H20FN5O2S. The second kappa shape index (κ2) is 7.89. The first-order valence-corrected chi connectivity index (χ1v) is 10.8. The van der Waals surface area contributed by atoms with Crippen LogP contribution in [0.1, 0.15) is 17.0 Å². The van der Waals surface area contributed by atoms with Crippen molar-refractivity contribution in [3.63, 3.8) is 0 Å². The minimum absolute atomic E-state index is 0.0184. The fraction of sp³-hybridized carbons (Fsp3) is 0.238. The van der Waals surface area contributed by atoms with Gasteiger partial charge in [-0.25, -0.2) is 17.8 Å². The van der Waals surface area contributed by atoms with Gasteiger partial charge >= 0.3 is 0 Å². The molecule has 0 amide bonds. The Morgan fingerprint density at radius 1 is 1.20 bits per heavy atom. The van der Waals surface area contributed by atoms with Crippen LogP contribution in [0.15, 0.2) is 66.1 Å². The second-order valence-corrected chi connectivity index (χ2v) is 9.16. The van der Waals surface area contributed by atoms with Crippen molar-refractivity contribution in [3.05, 3.63) is 78.0 Å². The number of imidazole rings is 1. The van der Waals surface area contributed by atoms with E-state index in [0.29, 0.717) is 5.56 Å². The lowest BCUT2D eigenvalue weighted by Crippen LogP contribution is -2.32. The molecular weight excluding hydrogens is 405 g/mol. The maximum absolute atomic E-state index is 14.4. The van der Waals surface area contributed by atoms with Gasteiger partial charge in [-0.1, -0.05) is 30.3 Å². The van der Waals surface area contributed by atoms with Gasteiger partial charge in [-0.3, -0.25) is 0 Å². The summed E-state index contributed by atoms with van der Waals surface area (Å²) >= 11 is 0. The lowest BCUT2D eigenvalue weighted by atomic mass is 9.94. The van der Waals surface area contributed by atoms with Gasteiger partial charge in [-0.2, -0.15) is 9.57 Å². The minimum Gasteiger partial charge on any atom is -0.378 e. The maximum atomic E-state index is 14.4. The first kappa shape index (κ1) is 20.1. The third kappa shape index (κ3) is 3.79. The van der Waals surface area contributed by atoms with Crippen molar-refractivity contribution >= 4 is 15.7 Å². The Morgan fingerprint density at radius 3 is 2.63 bits per heavy atom. The molecule has 0 bridgehead atoms. The van der Waals surface area contributed by atoms with E-state index >= 15 is 0 Å². The van der Waals surface area contributed by atoms with Crippen LogP contribution in [0.2, 0.25) is 0 Å². The third-order valence-corrected chi connectivity index (χ3v) is 6.95. The highest BCUT2D eigenvalue weighted by Gasteiger charge is 2.41. The molecule has 4 rings (SSSR count). The van der Waals surface area contributed by atoms with E-state index in [-0.39, 0.29) is 35.8 Å². The summed E-state index contributed by atoms with van der Waals surface area (Å²) in [4.78, 5) is 3.99. The molecule has 0 spiro atoms. The van der Waals surface area contributed by atoms with Crippen LogP contribution in [0.5, 0.6) is 0 Å². The first-order chi connectivity index (χ1) is 14.4. The van der Waals surface area contributed by atoms with Gasteiger partial charge in [0.05, 0.1) is 23.6 Å². The molecule has 1 saturated heterocycles. The predicted octanol–water partition coefficient (Wildman–Crippen LogP) is 2.70. The number of aromatic nitrogens is 2. The molecule has 3 aromatic rings. The van der Waals surface area contributed by atoms with E-state index in [2.05, 4.69) is 10.3 Å². The van der Waals surface area contributed by atoms with Crippen molar-refractivity contribution in [3.8, 4) is 6.07 Å². The van der Waals surface area contributed by atoms with Crippen LogP contribution in [0.3, 0.4) is 0 Å². The summed E-state index contributed by atoms with van der Waals surface area (Å²) in [5, 5.41) is 12.2. The van der Waals surface area contributed by atoms with Crippen LogP contribution in [-0.2, 0) is 17.1 Å². The molecule has 0 saturated carbocycles. The van der Waals surface area contributed by atoms with Crippen LogP contribution in [0, 0.1) is 17.1 Å². The van der Waals surface area contributed by atoms with Crippen LogP contribution >= 0.6 is 0 Å². The molecule has 2 atom stereocenters. The van der Waals surface area contributed by atoms with E-state index < -0.39 is 15.8 Å². The zero-order valence-corrected chi connectivity index (χ0v) is 17.1. The lowest BCUT2D eigenvalue weighted by molar-refractivity contribution is 0.468. The summed E-state index contributed by atoms with van der Waals surface area (Å²) < 4.78 is 43.5. The molecule has 30 heavy (non-hydrogen) atoms. The Morgan fingerprint density at radius 2 is 1.97 bits per heavy atom. The SMILES string of the molecule is Cn1cnc(S(=O)(=O)N2C[C@H](Nc3cc(C#N)ccc3F)[C@@H](c3ccccc3)C2)c1. The number of anilines is 1. The molecule has 9 heteroatoms. The van der Waals surface area contributed by atoms with E-state index in [9.17, 15) is 12.8 Å². The Hall–Kier alpha value is -3.22. The monoisotopic (exact) mass is 425 g/mol. The molecule has 1 aromatic heterocycles. The number of sulfonamides is 1. The average Bonchev–Trinajstić information content (AvgIpc) is 3.37. The van der Waals surface area contributed by atoms with E-state index in [0.717, 1.165) is 5.56 Å². The van der Waals surface area contributed by atoms with Crippen LogP contribution in [0.25, 0.3) is 0 Å². The number of nitrogens with one attached hydrogen (secondary N) is 1. The van der Waals surface area contributed by atoms with Crippen molar-refractivity contribution in [1.82, 2.24) is 13.9 Å². The number of halogens is 1. The number of rotatable bonds is 5. The summed E-state index contributed by atoms with van der Waals surface area (Å²) in [6.07, 6.45) is 2.90. The molecule has 2 aromatic carbocycles. The van der Waals surface area contributed by atoms with Gasteiger partial charge in [-0.15, -0.1) is 0 Å². The van der Waals surface area contributed by atoms with Gasteiger partial charge in [0, 0.05) is 38.3 Å². The van der Waals surface area contributed by atoms with Crippen LogP contribution in [-0.4, -0.2) is 41.4 Å². The Kier molecular flexibility index (Phi) is 5.28. The van der Waals surface area contributed by atoms with E-state index in [4.69, 9.17) is 5.26 Å². The molecule has 1 aliphatic rings. The van der Waals surface area contributed by atoms with Crippen molar-refractivity contribution < 1.29 is 12.8 Å². The minimum atomic E-state index is -3.79. The normalized spacial score (nSPS) is 19.5. The van der Waals surface area contributed by atoms with Gasteiger partial charge in [0.1, 0.15) is 5.82 Å². The first-order valence-electron chi connectivity index (χ1n) is 9.38.